The van der Waals surface area contributed by atoms with Crippen molar-refractivity contribution in [2.24, 2.45) is 0 Å². The summed E-state index contributed by atoms with van der Waals surface area (Å²) < 4.78 is 1.93. The Hall–Kier alpha value is -1.77. The van der Waals surface area contributed by atoms with Gasteiger partial charge in [-0.25, -0.2) is 4.98 Å². The predicted octanol–water partition coefficient (Wildman–Crippen LogP) is 1.22. The van der Waals surface area contributed by atoms with Gasteiger partial charge in [-0.3, -0.25) is 9.48 Å². The fraction of sp³-hybridized carbons (Fsp3) is 0.588. The third kappa shape index (κ3) is 4.45. The first-order valence-electron chi connectivity index (χ1n) is 8.50. The molecule has 0 saturated carbocycles. The second kappa shape index (κ2) is 7.63. The number of rotatable bonds is 5. The van der Waals surface area contributed by atoms with Gasteiger partial charge in [0, 0.05) is 25.0 Å². The smallest absolute Gasteiger partial charge is 0.228 e. The average Bonchev–Trinajstić information content (AvgIpc) is 3.07. The summed E-state index contributed by atoms with van der Waals surface area (Å²) in [6.45, 7) is 4.50. The normalized spacial score (nSPS) is 16.0. The minimum absolute atomic E-state index is 0.0929. The first-order chi connectivity index (χ1) is 11.9. The largest absolute Gasteiger partial charge is 0.385 e. The summed E-state index contributed by atoms with van der Waals surface area (Å²) in [6.07, 6.45) is 0.588. The molecule has 0 radical (unpaired) electrons. The minimum atomic E-state index is -0.614. The Morgan fingerprint density at radius 3 is 2.92 bits per heavy atom. The molecule has 0 bridgehead atoms. The molecular formula is C17H25N5O2S. The van der Waals surface area contributed by atoms with Gasteiger partial charge in [-0.2, -0.15) is 5.10 Å². The molecule has 7 nitrogen and oxygen atoms in total. The average molecular weight is 363 g/mol. The maximum atomic E-state index is 12.6. The van der Waals surface area contributed by atoms with Crippen molar-refractivity contribution in [1.82, 2.24) is 24.6 Å². The maximum absolute atomic E-state index is 12.6. The molecule has 0 saturated heterocycles. The molecule has 1 amide bonds. The summed E-state index contributed by atoms with van der Waals surface area (Å²) in [5, 5.41) is 17.7. The number of hydrogen-bond donors (Lipinski definition) is 1. The third-order valence-corrected chi connectivity index (χ3v) is 5.09. The van der Waals surface area contributed by atoms with Crippen molar-refractivity contribution in [2.45, 2.75) is 39.0 Å². The van der Waals surface area contributed by atoms with Gasteiger partial charge in [-0.15, -0.1) is 11.3 Å². The molecule has 0 aromatic carbocycles. The van der Waals surface area contributed by atoms with Crippen molar-refractivity contribution in [3.8, 4) is 0 Å². The van der Waals surface area contributed by atoms with Gasteiger partial charge in [0.25, 0.3) is 0 Å². The van der Waals surface area contributed by atoms with Gasteiger partial charge in [0.15, 0.2) is 0 Å². The topological polar surface area (TPSA) is 74.5 Å². The van der Waals surface area contributed by atoms with Gasteiger partial charge in [0.05, 0.1) is 35.1 Å². The van der Waals surface area contributed by atoms with Crippen LogP contribution in [0.25, 0.3) is 0 Å². The number of aliphatic hydroxyl groups excluding tert-OH is 1. The van der Waals surface area contributed by atoms with E-state index in [1.165, 1.54) is 0 Å². The summed E-state index contributed by atoms with van der Waals surface area (Å²) in [5.74, 6) is 0.0929. The summed E-state index contributed by atoms with van der Waals surface area (Å²) in [5.41, 5.74) is 2.49. The summed E-state index contributed by atoms with van der Waals surface area (Å²) in [4.78, 5) is 20.8. The van der Waals surface area contributed by atoms with Gasteiger partial charge >= 0.3 is 0 Å². The molecule has 3 rings (SSSR count). The molecular weight excluding hydrogens is 338 g/mol. The van der Waals surface area contributed by atoms with Gasteiger partial charge in [0.1, 0.15) is 6.10 Å². The summed E-state index contributed by atoms with van der Waals surface area (Å²) >= 11 is 1.57. The molecule has 2 aromatic heterocycles. The number of aryl methyl sites for hydroxylation is 2. The Morgan fingerprint density at radius 1 is 1.44 bits per heavy atom. The molecule has 0 unspecified atom stereocenters. The van der Waals surface area contributed by atoms with Crippen molar-refractivity contribution < 1.29 is 9.90 Å². The minimum Gasteiger partial charge on any atom is -0.385 e. The van der Waals surface area contributed by atoms with Crippen molar-refractivity contribution in [2.75, 3.05) is 27.2 Å². The van der Waals surface area contributed by atoms with Crippen LogP contribution < -0.4 is 0 Å². The second-order valence-corrected chi connectivity index (χ2v) is 7.83. The van der Waals surface area contributed by atoms with Crippen LogP contribution in [0.4, 0.5) is 0 Å². The zero-order valence-corrected chi connectivity index (χ0v) is 15.8. The van der Waals surface area contributed by atoms with Gasteiger partial charge < -0.3 is 14.9 Å². The zero-order chi connectivity index (χ0) is 18.0. The van der Waals surface area contributed by atoms with Crippen LogP contribution >= 0.6 is 11.3 Å². The Bertz CT molecular complexity index is 739. The number of carbonyl (C=O) groups is 1. The number of carbonyl (C=O) groups excluding carboxylic acids is 1. The van der Waals surface area contributed by atoms with E-state index in [-0.39, 0.29) is 5.91 Å². The number of thiazole rings is 1. The molecule has 1 N–H and O–H groups in total. The number of amides is 1. The van der Waals surface area contributed by atoms with Crippen LogP contribution in [0.1, 0.15) is 34.6 Å². The van der Waals surface area contributed by atoms with Crippen LogP contribution in [0, 0.1) is 6.92 Å². The van der Waals surface area contributed by atoms with Crippen LogP contribution in [0.2, 0.25) is 0 Å². The van der Waals surface area contributed by atoms with Gasteiger partial charge in [-0.05, 0) is 33.5 Å². The summed E-state index contributed by atoms with van der Waals surface area (Å²) in [7, 11) is 3.84. The predicted molar refractivity (Wildman–Crippen MR) is 96.3 cm³/mol. The Morgan fingerprint density at radius 2 is 2.24 bits per heavy atom. The Labute approximate surface area is 151 Å². The molecule has 3 heterocycles. The lowest BCUT2D eigenvalue weighted by atomic mass is 10.2. The van der Waals surface area contributed by atoms with Crippen LogP contribution in [0.15, 0.2) is 11.4 Å². The molecule has 1 aliphatic heterocycles. The second-order valence-electron chi connectivity index (χ2n) is 6.77. The first-order valence-corrected chi connectivity index (χ1v) is 9.38. The van der Waals surface area contributed by atoms with Crippen LogP contribution in [0.5, 0.6) is 0 Å². The van der Waals surface area contributed by atoms with Gasteiger partial charge in [-0.1, -0.05) is 0 Å². The molecule has 25 heavy (non-hydrogen) atoms. The van der Waals surface area contributed by atoms with Crippen molar-refractivity contribution in [1.29, 1.82) is 0 Å². The fourth-order valence-corrected chi connectivity index (χ4v) is 3.67. The standard InChI is InChI=1S/C17H25N5O2S/c1-12-18-13(11-25-12)7-17(24)21-5-4-6-22-14(9-21)8-15(19-22)16(23)10-20(2)3/h8,11,16,23H,4-7,9-10H2,1-3H3/t16-/m1/s1. The zero-order valence-electron chi connectivity index (χ0n) is 15.0. The van der Waals surface area contributed by atoms with E-state index in [4.69, 9.17) is 0 Å². The molecule has 0 aliphatic carbocycles. The van der Waals surface area contributed by atoms with E-state index in [0.717, 1.165) is 35.9 Å². The molecule has 2 aromatic rings. The quantitative estimate of drug-likeness (QED) is 0.865. The lowest BCUT2D eigenvalue weighted by molar-refractivity contribution is -0.131. The Balaban J connectivity index is 1.69. The molecule has 136 valence electrons. The highest BCUT2D eigenvalue weighted by atomic mass is 32.1. The highest BCUT2D eigenvalue weighted by molar-refractivity contribution is 7.09. The monoisotopic (exact) mass is 363 g/mol. The highest BCUT2D eigenvalue weighted by Crippen LogP contribution is 2.19. The van der Waals surface area contributed by atoms with Crippen LogP contribution in [0.3, 0.4) is 0 Å². The molecule has 0 spiro atoms. The number of aromatic nitrogens is 3. The van der Waals surface area contributed by atoms with Crippen molar-refractivity contribution >= 4 is 17.2 Å². The first kappa shape index (κ1) is 18.0. The maximum Gasteiger partial charge on any atom is 0.228 e. The third-order valence-electron chi connectivity index (χ3n) is 4.26. The number of aliphatic hydroxyl groups is 1. The number of fused-ring (bicyclic) bond motifs is 1. The van der Waals surface area contributed by atoms with Crippen LogP contribution in [-0.2, 0) is 24.3 Å². The van der Waals surface area contributed by atoms with E-state index in [0.29, 0.717) is 25.2 Å². The summed E-state index contributed by atoms with van der Waals surface area (Å²) in [6, 6.07) is 1.92. The van der Waals surface area contributed by atoms with Gasteiger partial charge in [0.2, 0.25) is 5.91 Å². The molecule has 1 atom stereocenters. The molecule has 8 heteroatoms. The van der Waals surface area contributed by atoms with Crippen molar-refractivity contribution in [3.63, 3.8) is 0 Å². The number of likely N-dealkylation sites (N-methyl/N-ethyl adjacent to an activating group) is 1. The Kier molecular flexibility index (Phi) is 5.51. The fourth-order valence-electron chi connectivity index (χ4n) is 3.06. The highest BCUT2D eigenvalue weighted by Gasteiger charge is 2.23. The van der Waals surface area contributed by atoms with E-state index in [1.54, 1.807) is 11.3 Å². The SMILES string of the molecule is Cc1nc(CC(=O)N2CCCn3nc([C@H](O)CN(C)C)cc3C2)cs1. The van der Waals surface area contributed by atoms with E-state index >= 15 is 0 Å². The lowest BCUT2D eigenvalue weighted by Gasteiger charge is -2.19. The number of hydrogen-bond acceptors (Lipinski definition) is 6. The number of nitrogens with zero attached hydrogens (tertiary/aromatic N) is 5. The molecule has 0 fully saturated rings. The van der Waals surface area contributed by atoms with Crippen molar-refractivity contribution in [3.05, 3.63) is 33.5 Å². The van der Waals surface area contributed by atoms with E-state index in [2.05, 4.69) is 10.1 Å². The lowest BCUT2D eigenvalue weighted by Crippen LogP contribution is -2.32. The van der Waals surface area contributed by atoms with E-state index < -0.39 is 6.10 Å². The van der Waals surface area contributed by atoms with E-state index in [1.807, 2.05) is 46.9 Å². The molecule has 1 aliphatic rings. The van der Waals surface area contributed by atoms with E-state index in [9.17, 15) is 9.90 Å². The van der Waals surface area contributed by atoms with Crippen LogP contribution in [-0.4, -0.2) is 62.8 Å².